The summed E-state index contributed by atoms with van der Waals surface area (Å²) in [6.07, 6.45) is 2.69. The minimum absolute atomic E-state index is 0.173. The number of rotatable bonds is 3. The van der Waals surface area contributed by atoms with Crippen molar-refractivity contribution < 1.29 is 9.90 Å². The summed E-state index contributed by atoms with van der Waals surface area (Å²) < 4.78 is 2.65. The monoisotopic (exact) mass is 233 g/mol. The Balaban J connectivity index is 2.41. The number of hydrogen-bond donors (Lipinski definition) is 1. The van der Waals surface area contributed by atoms with Crippen molar-refractivity contribution in [2.45, 2.75) is 13.5 Å². The van der Waals surface area contributed by atoms with Crippen molar-refractivity contribution in [2.75, 3.05) is 0 Å². The van der Waals surface area contributed by atoms with E-state index in [4.69, 9.17) is 5.11 Å². The molecule has 0 amide bonds. The molecule has 2 rings (SSSR count). The van der Waals surface area contributed by atoms with E-state index < -0.39 is 5.97 Å². The summed E-state index contributed by atoms with van der Waals surface area (Å²) in [5.74, 6) is -1.03. The van der Waals surface area contributed by atoms with Crippen molar-refractivity contribution in [1.82, 2.24) is 14.2 Å². The lowest BCUT2D eigenvalue weighted by atomic mass is 10.3. The summed E-state index contributed by atoms with van der Waals surface area (Å²) in [7, 11) is 0. The van der Waals surface area contributed by atoms with Crippen LogP contribution in [0.5, 0.6) is 0 Å². The van der Waals surface area contributed by atoms with Gasteiger partial charge in [0.05, 0.1) is 6.54 Å². The predicted octanol–water partition coefficient (Wildman–Crippen LogP) is 0.527. The molecule has 0 radical (unpaired) electrons. The van der Waals surface area contributed by atoms with Gasteiger partial charge in [-0.1, -0.05) is 6.07 Å². The fourth-order valence-electron chi connectivity index (χ4n) is 1.56. The molecule has 0 saturated carbocycles. The van der Waals surface area contributed by atoms with Crippen LogP contribution in [0, 0.1) is 0 Å². The third-order valence-corrected chi connectivity index (χ3v) is 2.26. The van der Waals surface area contributed by atoms with Crippen molar-refractivity contribution in [3.8, 4) is 0 Å². The molecular weight excluding hydrogens is 222 g/mol. The highest BCUT2D eigenvalue weighted by Gasteiger charge is 2.06. The zero-order valence-corrected chi connectivity index (χ0v) is 9.20. The van der Waals surface area contributed by atoms with E-state index in [9.17, 15) is 9.59 Å². The molecule has 1 N–H and O–H groups in total. The van der Waals surface area contributed by atoms with Gasteiger partial charge in [-0.05, 0) is 24.6 Å². The van der Waals surface area contributed by atoms with E-state index in [0.717, 1.165) is 6.08 Å². The molecule has 0 aliphatic carbocycles. The maximum Gasteiger partial charge on any atom is 0.350 e. The molecule has 0 atom stereocenters. The van der Waals surface area contributed by atoms with Gasteiger partial charge in [0.25, 0.3) is 0 Å². The van der Waals surface area contributed by atoms with Gasteiger partial charge in [0, 0.05) is 12.3 Å². The first kappa shape index (κ1) is 11.1. The van der Waals surface area contributed by atoms with Crippen LogP contribution >= 0.6 is 0 Å². The second-order valence-corrected chi connectivity index (χ2v) is 3.70. The Labute approximate surface area is 96.4 Å². The van der Waals surface area contributed by atoms with Gasteiger partial charge in [-0.25, -0.2) is 14.3 Å². The number of carboxylic acids is 1. The highest BCUT2D eigenvalue weighted by Crippen LogP contribution is 1.99. The van der Waals surface area contributed by atoms with Crippen molar-refractivity contribution in [1.29, 1.82) is 0 Å². The van der Waals surface area contributed by atoms with Crippen molar-refractivity contribution in [3.05, 3.63) is 46.5 Å². The molecule has 0 bridgehead atoms. The molecule has 0 aliphatic rings. The number of hydrogen-bond acceptors (Lipinski definition) is 3. The van der Waals surface area contributed by atoms with E-state index in [-0.39, 0.29) is 12.2 Å². The maximum atomic E-state index is 11.8. The number of aromatic nitrogens is 3. The van der Waals surface area contributed by atoms with Crippen LogP contribution < -0.4 is 5.69 Å². The van der Waals surface area contributed by atoms with Gasteiger partial charge in [0.2, 0.25) is 0 Å². The van der Waals surface area contributed by atoms with Gasteiger partial charge < -0.3 is 5.11 Å². The van der Waals surface area contributed by atoms with Crippen molar-refractivity contribution >= 4 is 11.6 Å². The van der Waals surface area contributed by atoms with E-state index in [1.165, 1.54) is 9.08 Å². The van der Waals surface area contributed by atoms with Gasteiger partial charge in [-0.15, -0.1) is 5.10 Å². The first-order valence-electron chi connectivity index (χ1n) is 5.02. The Kier molecular flexibility index (Phi) is 2.78. The van der Waals surface area contributed by atoms with E-state index in [2.05, 4.69) is 5.10 Å². The summed E-state index contributed by atoms with van der Waals surface area (Å²) in [5, 5.41) is 12.7. The Morgan fingerprint density at radius 3 is 2.94 bits per heavy atom. The molecule has 0 unspecified atom stereocenters. The number of aliphatic carboxylic acids is 1. The Hall–Kier alpha value is -2.37. The average molecular weight is 233 g/mol. The minimum atomic E-state index is -1.03. The van der Waals surface area contributed by atoms with Crippen LogP contribution in [0.15, 0.2) is 40.8 Å². The summed E-state index contributed by atoms with van der Waals surface area (Å²) in [6.45, 7) is 1.82. The molecule has 0 saturated heterocycles. The van der Waals surface area contributed by atoms with Gasteiger partial charge in [-0.2, -0.15) is 0 Å². The van der Waals surface area contributed by atoms with Crippen LogP contribution in [0.4, 0.5) is 0 Å². The fraction of sp³-hybridized carbons (Fsp3) is 0.182. The topological polar surface area (TPSA) is 76.6 Å². The number of carboxylic acid groups (broad SMARTS) is 1. The van der Waals surface area contributed by atoms with Gasteiger partial charge in [0.1, 0.15) is 0 Å². The zero-order chi connectivity index (χ0) is 12.4. The highest BCUT2D eigenvalue weighted by atomic mass is 16.4. The van der Waals surface area contributed by atoms with Crippen LogP contribution in [0.25, 0.3) is 5.65 Å². The smallest absolute Gasteiger partial charge is 0.350 e. The standard InChI is InChI=1S/C11H11N3O3/c1-8(6-10(15)16)7-14-11(17)13-5-3-2-4-9(13)12-14/h2-6H,7H2,1H3,(H,15,16). The Morgan fingerprint density at radius 1 is 1.53 bits per heavy atom. The minimum Gasteiger partial charge on any atom is -0.478 e. The van der Waals surface area contributed by atoms with E-state index in [1.54, 1.807) is 31.3 Å². The highest BCUT2D eigenvalue weighted by molar-refractivity contribution is 5.80. The quantitative estimate of drug-likeness (QED) is 0.784. The van der Waals surface area contributed by atoms with Crippen LogP contribution in [0.2, 0.25) is 0 Å². The van der Waals surface area contributed by atoms with Crippen LogP contribution in [-0.2, 0) is 11.3 Å². The van der Waals surface area contributed by atoms with Gasteiger partial charge in [-0.3, -0.25) is 4.40 Å². The molecule has 6 heteroatoms. The number of nitrogens with zero attached hydrogens (tertiary/aromatic N) is 3. The summed E-state index contributed by atoms with van der Waals surface area (Å²) in [5.41, 5.74) is 0.822. The summed E-state index contributed by atoms with van der Waals surface area (Å²) in [6, 6.07) is 5.24. The SMILES string of the molecule is CC(=CC(=O)O)Cn1nc2ccccn2c1=O. The third kappa shape index (κ3) is 2.25. The summed E-state index contributed by atoms with van der Waals surface area (Å²) >= 11 is 0. The molecule has 0 spiro atoms. The molecule has 2 aromatic heterocycles. The molecule has 0 fully saturated rings. The van der Waals surface area contributed by atoms with Crippen LogP contribution in [0.3, 0.4) is 0 Å². The van der Waals surface area contributed by atoms with Crippen LogP contribution in [-0.4, -0.2) is 25.3 Å². The lowest BCUT2D eigenvalue weighted by Crippen LogP contribution is -2.21. The lowest BCUT2D eigenvalue weighted by Gasteiger charge is -1.97. The number of allylic oxidation sites excluding steroid dienone is 1. The first-order valence-corrected chi connectivity index (χ1v) is 5.02. The second kappa shape index (κ2) is 4.25. The van der Waals surface area contributed by atoms with Crippen LogP contribution in [0.1, 0.15) is 6.92 Å². The number of fused-ring (bicyclic) bond motifs is 1. The molecule has 88 valence electrons. The molecular formula is C11H11N3O3. The molecule has 0 aromatic carbocycles. The zero-order valence-electron chi connectivity index (χ0n) is 9.20. The van der Waals surface area contributed by atoms with Crippen molar-refractivity contribution in [3.63, 3.8) is 0 Å². The molecule has 0 aliphatic heterocycles. The maximum absolute atomic E-state index is 11.8. The summed E-state index contributed by atoms with van der Waals surface area (Å²) in [4.78, 5) is 22.3. The average Bonchev–Trinajstić information content (AvgIpc) is 2.55. The number of carbonyl (C=O) groups is 1. The van der Waals surface area contributed by atoms with Gasteiger partial charge >= 0.3 is 11.7 Å². The lowest BCUT2D eigenvalue weighted by molar-refractivity contribution is -0.131. The largest absolute Gasteiger partial charge is 0.478 e. The Morgan fingerprint density at radius 2 is 2.29 bits per heavy atom. The molecule has 2 aromatic rings. The fourth-order valence-corrected chi connectivity index (χ4v) is 1.56. The second-order valence-electron chi connectivity index (χ2n) is 3.70. The van der Waals surface area contributed by atoms with E-state index in [0.29, 0.717) is 11.2 Å². The van der Waals surface area contributed by atoms with Crippen molar-refractivity contribution in [2.24, 2.45) is 0 Å². The molecule has 2 heterocycles. The van der Waals surface area contributed by atoms with E-state index in [1.807, 2.05) is 0 Å². The number of pyridine rings is 1. The predicted molar refractivity (Wildman–Crippen MR) is 60.8 cm³/mol. The molecule has 17 heavy (non-hydrogen) atoms. The third-order valence-electron chi connectivity index (χ3n) is 2.26. The Bertz CT molecular complexity index is 651. The van der Waals surface area contributed by atoms with Gasteiger partial charge in [0.15, 0.2) is 5.65 Å². The first-order chi connectivity index (χ1) is 8.08. The molecule has 6 nitrogen and oxygen atoms in total. The normalized spacial score (nSPS) is 11.9. The van der Waals surface area contributed by atoms with E-state index >= 15 is 0 Å².